The van der Waals surface area contributed by atoms with E-state index < -0.39 is 5.97 Å². The van der Waals surface area contributed by atoms with Gasteiger partial charge in [-0.15, -0.1) is 0 Å². The topological polar surface area (TPSA) is 55.8 Å². The highest BCUT2D eigenvalue weighted by molar-refractivity contribution is 5.86. The van der Waals surface area contributed by atoms with Crippen LogP contribution in [0.3, 0.4) is 0 Å². The minimum absolute atomic E-state index is 0.350. The Hall–Kier alpha value is -1.97. The zero-order valence-electron chi connectivity index (χ0n) is 11.2. The summed E-state index contributed by atoms with van der Waals surface area (Å²) in [7, 11) is 3.23. The molecule has 1 aromatic carbocycles. The maximum absolute atomic E-state index is 10.9. The van der Waals surface area contributed by atoms with Crippen molar-refractivity contribution in [2.24, 2.45) is 0 Å². The van der Waals surface area contributed by atoms with Gasteiger partial charge >= 0.3 is 5.97 Å². The molecule has 2 rings (SSSR count). The molecule has 0 heterocycles. The molecule has 0 saturated heterocycles. The van der Waals surface area contributed by atoms with Crippen molar-refractivity contribution in [3.63, 3.8) is 0 Å². The first-order valence-corrected chi connectivity index (χ1v) is 6.30. The van der Waals surface area contributed by atoms with Gasteiger partial charge in [0, 0.05) is 5.57 Å². The molecule has 1 aliphatic carbocycles. The second-order valence-corrected chi connectivity index (χ2v) is 4.62. The molecule has 0 radical (unpaired) electrons. The van der Waals surface area contributed by atoms with Gasteiger partial charge in [0.1, 0.15) is 0 Å². The number of carbonyl (C=O) groups is 1. The van der Waals surface area contributed by atoms with E-state index in [1.165, 1.54) is 5.56 Å². The lowest BCUT2D eigenvalue weighted by Crippen LogP contribution is -2.10. The Labute approximate surface area is 112 Å². The van der Waals surface area contributed by atoms with Gasteiger partial charge in [-0.3, -0.25) is 0 Å². The van der Waals surface area contributed by atoms with Gasteiger partial charge in [0.15, 0.2) is 11.5 Å². The molecule has 0 aromatic heterocycles. The second-order valence-electron chi connectivity index (χ2n) is 4.62. The van der Waals surface area contributed by atoms with E-state index in [9.17, 15) is 4.79 Å². The number of rotatable bonds is 4. The minimum atomic E-state index is -0.800. The number of allylic oxidation sites excluding steroid dienone is 1. The predicted molar refractivity (Wildman–Crippen MR) is 71.9 cm³/mol. The molecule has 19 heavy (non-hydrogen) atoms. The van der Waals surface area contributed by atoms with Crippen LogP contribution in [0.1, 0.15) is 30.7 Å². The molecule has 0 aliphatic heterocycles. The number of aliphatic carboxylic acids is 1. The van der Waals surface area contributed by atoms with Crippen molar-refractivity contribution in [1.82, 2.24) is 0 Å². The number of ether oxygens (including phenoxy) is 2. The normalized spacial score (nSPS) is 18.6. The maximum Gasteiger partial charge on any atom is 0.331 e. The van der Waals surface area contributed by atoms with Gasteiger partial charge < -0.3 is 14.6 Å². The summed E-state index contributed by atoms with van der Waals surface area (Å²) in [5.41, 5.74) is 1.69. The van der Waals surface area contributed by atoms with Crippen molar-refractivity contribution >= 4 is 5.97 Å². The quantitative estimate of drug-likeness (QED) is 0.906. The standard InChI is InChI=1S/C15H18O4/c1-18-13-8-7-12(9-14(13)19-2)10-3-5-11(6-4-10)15(16)17/h5,7-10H,3-4,6H2,1-2H3,(H,16,17). The van der Waals surface area contributed by atoms with Crippen LogP contribution in [-0.2, 0) is 4.79 Å². The average Bonchev–Trinajstić information content (AvgIpc) is 2.46. The summed E-state index contributed by atoms with van der Waals surface area (Å²) in [6.07, 6.45) is 4.06. The zero-order valence-corrected chi connectivity index (χ0v) is 11.2. The van der Waals surface area contributed by atoms with Crippen LogP contribution in [-0.4, -0.2) is 25.3 Å². The summed E-state index contributed by atoms with van der Waals surface area (Å²) >= 11 is 0. The first-order chi connectivity index (χ1) is 9.15. The van der Waals surface area contributed by atoms with Gasteiger partial charge in [0.05, 0.1) is 14.2 Å². The van der Waals surface area contributed by atoms with Crippen LogP contribution in [0.4, 0.5) is 0 Å². The van der Waals surface area contributed by atoms with E-state index in [4.69, 9.17) is 14.6 Å². The van der Waals surface area contributed by atoms with Crippen LogP contribution in [0.15, 0.2) is 29.8 Å². The smallest absolute Gasteiger partial charge is 0.331 e. The van der Waals surface area contributed by atoms with E-state index >= 15 is 0 Å². The lowest BCUT2D eigenvalue weighted by atomic mass is 9.84. The molecule has 0 amide bonds. The molecule has 4 heteroatoms. The molecule has 0 fully saturated rings. The van der Waals surface area contributed by atoms with Crippen molar-refractivity contribution in [2.45, 2.75) is 25.2 Å². The minimum Gasteiger partial charge on any atom is -0.493 e. The lowest BCUT2D eigenvalue weighted by molar-refractivity contribution is -0.132. The molecule has 1 aliphatic rings. The highest BCUT2D eigenvalue weighted by atomic mass is 16.5. The van der Waals surface area contributed by atoms with E-state index in [-0.39, 0.29) is 0 Å². The third-order valence-electron chi connectivity index (χ3n) is 3.56. The van der Waals surface area contributed by atoms with Gasteiger partial charge in [-0.1, -0.05) is 12.1 Å². The van der Waals surface area contributed by atoms with Crippen molar-refractivity contribution in [2.75, 3.05) is 14.2 Å². The number of carboxylic acids is 1. The van der Waals surface area contributed by atoms with Crippen LogP contribution in [0.5, 0.6) is 11.5 Å². The van der Waals surface area contributed by atoms with E-state index in [1.807, 2.05) is 24.3 Å². The van der Waals surface area contributed by atoms with Crippen molar-refractivity contribution in [3.8, 4) is 11.5 Å². The van der Waals surface area contributed by atoms with Gasteiger partial charge in [0.2, 0.25) is 0 Å². The molecule has 0 bridgehead atoms. The van der Waals surface area contributed by atoms with E-state index in [2.05, 4.69) is 0 Å². The van der Waals surface area contributed by atoms with Crippen LogP contribution in [0.25, 0.3) is 0 Å². The molecule has 0 saturated carbocycles. The summed E-state index contributed by atoms with van der Waals surface area (Å²) in [5.74, 6) is 0.977. The molecule has 1 unspecified atom stereocenters. The zero-order chi connectivity index (χ0) is 13.8. The van der Waals surface area contributed by atoms with Crippen LogP contribution in [0, 0.1) is 0 Å². The summed E-state index contributed by atoms with van der Waals surface area (Å²) in [6.45, 7) is 0. The van der Waals surface area contributed by atoms with Crippen LogP contribution in [0.2, 0.25) is 0 Å². The highest BCUT2D eigenvalue weighted by Gasteiger charge is 2.20. The first kappa shape index (κ1) is 13.5. The van der Waals surface area contributed by atoms with Gasteiger partial charge in [0.25, 0.3) is 0 Å². The Balaban J connectivity index is 2.18. The van der Waals surface area contributed by atoms with Crippen molar-refractivity contribution in [3.05, 3.63) is 35.4 Å². The van der Waals surface area contributed by atoms with Crippen LogP contribution >= 0.6 is 0 Å². The third-order valence-corrected chi connectivity index (χ3v) is 3.56. The molecule has 102 valence electrons. The fourth-order valence-corrected chi connectivity index (χ4v) is 2.44. The summed E-state index contributed by atoms with van der Waals surface area (Å²) in [5, 5.41) is 8.94. The number of methoxy groups -OCH3 is 2. The first-order valence-electron chi connectivity index (χ1n) is 6.30. The Bertz CT molecular complexity index is 505. The van der Waals surface area contributed by atoms with E-state index in [0.717, 1.165) is 12.8 Å². The van der Waals surface area contributed by atoms with Crippen LogP contribution < -0.4 is 9.47 Å². The van der Waals surface area contributed by atoms with Gasteiger partial charge in [-0.25, -0.2) is 4.79 Å². The number of benzene rings is 1. The van der Waals surface area contributed by atoms with Crippen molar-refractivity contribution in [1.29, 1.82) is 0 Å². The van der Waals surface area contributed by atoms with E-state index in [1.54, 1.807) is 14.2 Å². The molecular formula is C15H18O4. The number of carboxylic acid groups (broad SMARTS) is 1. The Morgan fingerprint density at radius 2 is 2.00 bits per heavy atom. The number of hydrogen-bond acceptors (Lipinski definition) is 3. The third kappa shape index (κ3) is 2.89. The number of hydrogen-bond donors (Lipinski definition) is 1. The Morgan fingerprint density at radius 1 is 1.26 bits per heavy atom. The Kier molecular flexibility index (Phi) is 4.10. The SMILES string of the molecule is COc1ccc(C2CC=C(C(=O)O)CC2)cc1OC. The molecule has 0 spiro atoms. The molecule has 1 aromatic rings. The predicted octanol–water partition coefficient (Wildman–Crippen LogP) is 2.98. The second kappa shape index (κ2) is 5.78. The summed E-state index contributed by atoms with van der Waals surface area (Å²) in [4.78, 5) is 10.9. The van der Waals surface area contributed by atoms with E-state index in [0.29, 0.717) is 29.4 Å². The molecule has 4 nitrogen and oxygen atoms in total. The van der Waals surface area contributed by atoms with Gasteiger partial charge in [-0.05, 0) is 42.9 Å². The summed E-state index contributed by atoms with van der Waals surface area (Å²) in [6, 6.07) is 5.89. The fraction of sp³-hybridized carbons (Fsp3) is 0.400. The maximum atomic E-state index is 10.9. The fourth-order valence-electron chi connectivity index (χ4n) is 2.44. The largest absolute Gasteiger partial charge is 0.493 e. The lowest BCUT2D eigenvalue weighted by Gasteiger charge is -2.21. The van der Waals surface area contributed by atoms with Crippen molar-refractivity contribution < 1.29 is 19.4 Å². The summed E-state index contributed by atoms with van der Waals surface area (Å²) < 4.78 is 10.5. The Morgan fingerprint density at radius 3 is 2.53 bits per heavy atom. The molecular weight excluding hydrogens is 244 g/mol. The average molecular weight is 262 g/mol. The van der Waals surface area contributed by atoms with Gasteiger partial charge in [-0.2, -0.15) is 0 Å². The molecule has 1 atom stereocenters. The molecule has 1 N–H and O–H groups in total. The highest BCUT2D eigenvalue weighted by Crippen LogP contribution is 2.36. The monoisotopic (exact) mass is 262 g/mol.